The number of benzene rings is 3. The number of hydrogen-bond donors (Lipinski definition) is 0. The average molecular weight is 488 g/mol. The van der Waals surface area contributed by atoms with E-state index in [0.29, 0.717) is 0 Å². The fourth-order valence-corrected chi connectivity index (χ4v) is 3.67. The van der Waals surface area contributed by atoms with Crippen molar-refractivity contribution < 1.29 is 28.5 Å². The molecular weight excluding hydrogens is 468 g/mol. The van der Waals surface area contributed by atoms with Crippen LogP contribution in [0, 0.1) is 22.6 Å². The van der Waals surface area contributed by atoms with Gasteiger partial charge in [0.1, 0.15) is 11.5 Å². The Morgan fingerprint density at radius 2 is 1.08 bits per heavy atom. The Bertz CT molecular complexity index is 1350. The van der Waals surface area contributed by atoms with Gasteiger partial charge in [0, 0.05) is 21.1 Å². The van der Waals surface area contributed by atoms with Gasteiger partial charge in [-0.25, -0.2) is 0 Å². The SMILES string of the molecule is COc1ccc(C(=O)c2cccc(C(=O)c3ccc(OC)c(C#[N+][O-])c3OC)c2)c(OC)c1C#[N+][O-]. The van der Waals surface area contributed by atoms with E-state index in [4.69, 9.17) is 18.9 Å². The molecule has 3 aromatic rings. The molecule has 0 aromatic heterocycles. The topological polar surface area (TPSA) is 126 Å². The van der Waals surface area contributed by atoms with Crippen LogP contribution < -0.4 is 18.9 Å². The number of carbonyl (C=O) groups excluding carboxylic acids is 2. The van der Waals surface area contributed by atoms with Crippen molar-refractivity contribution in [3.63, 3.8) is 0 Å². The summed E-state index contributed by atoms with van der Waals surface area (Å²) in [4.78, 5) is 26.7. The minimum atomic E-state index is -0.479. The maximum atomic E-state index is 13.4. The van der Waals surface area contributed by atoms with Crippen LogP contribution in [0.15, 0.2) is 48.5 Å². The standard InChI is InChI=1S/C26H20N2O8/c1-33-21-10-8-17(25(35-3)19(21)13-27-31)23(29)15-6-5-7-16(12-15)24(30)18-9-11-22(34-2)20(14-28-32)26(18)36-4/h5-12H,1-4H3. The lowest BCUT2D eigenvalue weighted by molar-refractivity contribution is 0.103. The second kappa shape index (κ2) is 11.3. The van der Waals surface area contributed by atoms with E-state index in [1.165, 1.54) is 70.9 Å². The van der Waals surface area contributed by atoms with Crippen LogP contribution >= 0.6 is 0 Å². The van der Waals surface area contributed by atoms with Crippen molar-refractivity contribution in [2.24, 2.45) is 0 Å². The first-order valence-corrected chi connectivity index (χ1v) is 10.3. The van der Waals surface area contributed by atoms with Gasteiger partial charge in [-0.1, -0.05) is 18.2 Å². The minimum Gasteiger partial charge on any atom is -0.498 e. The van der Waals surface area contributed by atoms with Crippen molar-refractivity contribution in [1.82, 2.24) is 0 Å². The van der Waals surface area contributed by atoms with Crippen molar-refractivity contribution in [1.29, 1.82) is 0 Å². The lowest BCUT2D eigenvalue weighted by Gasteiger charge is -2.13. The van der Waals surface area contributed by atoms with E-state index in [-0.39, 0.29) is 56.4 Å². The molecule has 0 aliphatic rings. The Balaban J connectivity index is 2.10. The third kappa shape index (κ3) is 4.69. The van der Waals surface area contributed by atoms with Gasteiger partial charge in [-0.05, 0) is 30.3 Å². The van der Waals surface area contributed by atoms with Gasteiger partial charge in [0.25, 0.3) is 0 Å². The summed E-state index contributed by atoms with van der Waals surface area (Å²) in [5, 5.41) is 27.0. The van der Waals surface area contributed by atoms with Gasteiger partial charge in [0.15, 0.2) is 34.2 Å². The fraction of sp³-hybridized carbons (Fsp3) is 0.154. The molecule has 3 rings (SSSR count). The van der Waals surface area contributed by atoms with Crippen LogP contribution in [0.25, 0.3) is 10.0 Å². The van der Waals surface area contributed by atoms with Gasteiger partial charge in [0.2, 0.25) is 0 Å². The highest BCUT2D eigenvalue weighted by atomic mass is 16.5. The molecule has 182 valence electrons. The van der Waals surface area contributed by atoms with Crippen LogP contribution in [0.3, 0.4) is 0 Å². The van der Waals surface area contributed by atoms with Crippen LogP contribution in [-0.4, -0.2) is 40.0 Å². The number of ketones is 2. The number of carbonyl (C=O) groups is 2. The first kappa shape index (κ1) is 25.4. The van der Waals surface area contributed by atoms with Crippen LogP contribution in [0.1, 0.15) is 43.0 Å². The molecule has 0 aliphatic heterocycles. The van der Waals surface area contributed by atoms with Crippen molar-refractivity contribution in [2.45, 2.75) is 0 Å². The number of ether oxygens (including phenoxy) is 4. The monoisotopic (exact) mass is 488 g/mol. The average Bonchev–Trinajstić information content (AvgIpc) is 2.92. The molecule has 0 unspecified atom stereocenters. The van der Waals surface area contributed by atoms with E-state index in [1.54, 1.807) is 6.07 Å². The highest BCUT2D eigenvalue weighted by Crippen LogP contribution is 2.35. The van der Waals surface area contributed by atoms with Crippen LogP contribution in [0.5, 0.6) is 23.0 Å². The summed E-state index contributed by atoms with van der Waals surface area (Å²) in [5.41, 5.74) is 0.739. The van der Waals surface area contributed by atoms with Gasteiger partial charge in [0.05, 0.1) is 39.6 Å². The summed E-state index contributed by atoms with van der Waals surface area (Å²) < 4.78 is 21.1. The number of hydrogen-bond acceptors (Lipinski definition) is 8. The minimum absolute atomic E-state index is 0.0459. The third-order valence-electron chi connectivity index (χ3n) is 5.28. The van der Waals surface area contributed by atoms with Gasteiger partial charge in [-0.3, -0.25) is 9.59 Å². The molecule has 0 heterocycles. The van der Waals surface area contributed by atoms with Crippen LogP contribution in [0.4, 0.5) is 0 Å². The molecule has 3 aromatic carbocycles. The number of rotatable bonds is 8. The molecule has 0 amide bonds. The smallest absolute Gasteiger partial charge is 0.344 e. The predicted octanol–water partition coefficient (Wildman–Crippen LogP) is 4.54. The van der Waals surface area contributed by atoms with E-state index in [9.17, 15) is 20.0 Å². The molecule has 0 fully saturated rings. The zero-order chi connectivity index (χ0) is 26.2. The molecule has 10 heteroatoms. The van der Waals surface area contributed by atoms with Gasteiger partial charge >= 0.3 is 12.1 Å². The predicted molar refractivity (Wildman–Crippen MR) is 132 cm³/mol. The molecule has 0 N–H and O–H groups in total. The van der Waals surface area contributed by atoms with Crippen molar-refractivity contribution in [3.05, 3.63) is 102 Å². The number of methoxy groups -OCH3 is 4. The number of nitrogens with zero attached hydrogens (tertiary/aromatic N) is 2. The first-order chi connectivity index (χ1) is 17.4. The summed E-state index contributed by atoms with van der Waals surface area (Å²) in [6, 6.07) is 16.4. The zero-order valence-electron chi connectivity index (χ0n) is 19.8. The molecule has 0 atom stereocenters. The molecule has 0 saturated carbocycles. The summed E-state index contributed by atoms with van der Waals surface area (Å²) in [6.45, 7) is 0. The molecule has 10 nitrogen and oxygen atoms in total. The maximum Gasteiger partial charge on any atom is 0.344 e. The normalized spacial score (nSPS) is 9.67. The van der Waals surface area contributed by atoms with Crippen molar-refractivity contribution in [2.75, 3.05) is 28.4 Å². The summed E-state index contributed by atoms with van der Waals surface area (Å²) >= 11 is 0. The second-order valence-electron chi connectivity index (χ2n) is 7.09. The summed E-state index contributed by atoms with van der Waals surface area (Å²) in [5.74, 6) is -0.380. The van der Waals surface area contributed by atoms with Gasteiger partial charge in [-0.15, -0.1) is 0 Å². The summed E-state index contributed by atoms with van der Waals surface area (Å²) in [6.07, 6.45) is 0. The lowest BCUT2D eigenvalue weighted by atomic mass is 9.95. The highest BCUT2D eigenvalue weighted by Gasteiger charge is 2.26. The molecule has 0 saturated heterocycles. The van der Waals surface area contributed by atoms with E-state index in [0.717, 1.165) is 0 Å². The Morgan fingerprint density at radius 1 is 0.667 bits per heavy atom. The maximum absolute atomic E-state index is 13.4. The summed E-state index contributed by atoms with van der Waals surface area (Å²) in [7, 11) is 5.44. The van der Waals surface area contributed by atoms with Crippen molar-refractivity contribution in [3.8, 4) is 35.1 Å². The first-order valence-electron chi connectivity index (χ1n) is 10.3. The molecule has 0 spiro atoms. The van der Waals surface area contributed by atoms with E-state index in [1.807, 2.05) is 0 Å². The Hall–Kier alpha value is -5.22. The molecule has 36 heavy (non-hydrogen) atoms. The Kier molecular flexibility index (Phi) is 7.95. The van der Waals surface area contributed by atoms with Crippen molar-refractivity contribution >= 4 is 11.6 Å². The largest absolute Gasteiger partial charge is 0.498 e. The van der Waals surface area contributed by atoms with E-state index >= 15 is 0 Å². The molecule has 0 bridgehead atoms. The highest BCUT2D eigenvalue weighted by molar-refractivity contribution is 6.15. The van der Waals surface area contributed by atoms with E-state index < -0.39 is 11.6 Å². The van der Waals surface area contributed by atoms with Gasteiger partial charge < -0.3 is 29.4 Å². The Labute approximate surface area is 206 Å². The quantitative estimate of drug-likeness (QED) is 0.334. The molecule has 0 aliphatic carbocycles. The molecular formula is C26H20N2O8. The Morgan fingerprint density at radius 3 is 1.42 bits per heavy atom. The van der Waals surface area contributed by atoms with E-state index in [2.05, 4.69) is 22.2 Å². The van der Waals surface area contributed by atoms with Gasteiger partial charge in [-0.2, -0.15) is 0 Å². The molecule has 0 radical (unpaired) electrons. The van der Waals surface area contributed by atoms with Crippen LogP contribution in [0.2, 0.25) is 0 Å². The zero-order valence-corrected chi connectivity index (χ0v) is 19.8. The second-order valence-corrected chi connectivity index (χ2v) is 7.09. The third-order valence-corrected chi connectivity index (χ3v) is 5.28. The fourth-order valence-electron chi connectivity index (χ4n) is 3.67. The van der Waals surface area contributed by atoms with Crippen LogP contribution in [-0.2, 0) is 0 Å². The lowest BCUT2D eigenvalue weighted by Crippen LogP contribution is -2.09.